The van der Waals surface area contributed by atoms with E-state index in [-0.39, 0.29) is 23.7 Å². The molecule has 1 aliphatic rings. The molecule has 16 heavy (non-hydrogen) atoms. The van der Waals surface area contributed by atoms with Crippen LogP contribution in [0.2, 0.25) is 0 Å². The van der Waals surface area contributed by atoms with Gasteiger partial charge >= 0.3 is 5.97 Å². The number of rotatable bonds is 3. The van der Waals surface area contributed by atoms with Gasteiger partial charge in [0.05, 0.1) is 19.1 Å². The van der Waals surface area contributed by atoms with Crippen LogP contribution in [0.15, 0.2) is 12.7 Å². The maximum atomic E-state index is 11.4. The molecule has 0 spiro atoms. The second kappa shape index (κ2) is 4.58. The molecule has 0 amide bonds. The standard InChI is InChI=1S/C13H22O3/c1-5-12(2)7-6-8-13(3,15)10(12)9-11(14)16-4/h5,10,15H,1,6-9H2,2-4H3/t10-,12-,13-/m1/s1. The highest BCUT2D eigenvalue weighted by Gasteiger charge is 2.47. The first-order valence-electron chi connectivity index (χ1n) is 5.78. The van der Waals surface area contributed by atoms with Crippen LogP contribution in [0, 0.1) is 11.3 Å². The highest BCUT2D eigenvalue weighted by molar-refractivity contribution is 5.69. The summed E-state index contributed by atoms with van der Waals surface area (Å²) in [5.74, 6) is -0.376. The largest absolute Gasteiger partial charge is 0.469 e. The molecule has 1 rings (SSSR count). The third kappa shape index (κ3) is 2.46. The summed E-state index contributed by atoms with van der Waals surface area (Å²) in [6.45, 7) is 7.71. The summed E-state index contributed by atoms with van der Waals surface area (Å²) in [6, 6.07) is 0. The van der Waals surface area contributed by atoms with Crippen LogP contribution in [0.4, 0.5) is 0 Å². The third-order valence-corrected chi connectivity index (χ3v) is 4.01. The number of allylic oxidation sites excluding steroid dienone is 1. The topological polar surface area (TPSA) is 46.5 Å². The Labute approximate surface area is 97.5 Å². The number of methoxy groups -OCH3 is 1. The highest BCUT2D eigenvalue weighted by atomic mass is 16.5. The number of aliphatic hydroxyl groups is 1. The number of ether oxygens (including phenoxy) is 1. The minimum absolute atomic E-state index is 0.112. The summed E-state index contributed by atoms with van der Waals surface area (Å²) in [7, 11) is 1.38. The van der Waals surface area contributed by atoms with Crippen molar-refractivity contribution in [3.63, 3.8) is 0 Å². The Balaban J connectivity index is 2.93. The van der Waals surface area contributed by atoms with Crippen LogP contribution in [0.1, 0.15) is 39.5 Å². The first kappa shape index (κ1) is 13.2. The number of esters is 1. The van der Waals surface area contributed by atoms with Crippen LogP contribution in [0.5, 0.6) is 0 Å². The SMILES string of the molecule is C=C[C@]1(C)CCC[C@@](C)(O)[C@@H]1CC(=O)OC. The monoisotopic (exact) mass is 226 g/mol. The van der Waals surface area contributed by atoms with E-state index in [9.17, 15) is 9.90 Å². The molecule has 0 saturated heterocycles. The Hall–Kier alpha value is -0.830. The van der Waals surface area contributed by atoms with Crippen molar-refractivity contribution in [1.82, 2.24) is 0 Å². The molecule has 1 fully saturated rings. The fourth-order valence-corrected chi connectivity index (χ4v) is 2.83. The molecule has 0 unspecified atom stereocenters. The van der Waals surface area contributed by atoms with Crippen LogP contribution < -0.4 is 0 Å². The smallest absolute Gasteiger partial charge is 0.305 e. The minimum Gasteiger partial charge on any atom is -0.469 e. The Morgan fingerprint density at radius 2 is 2.19 bits per heavy atom. The molecule has 0 heterocycles. The number of hydrogen-bond donors (Lipinski definition) is 1. The van der Waals surface area contributed by atoms with Gasteiger partial charge in [-0.15, -0.1) is 6.58 Å². The molecule has 3 heteroatoms. The molecule has 3 atom stereocenters. The van der Waals surface area contributed by atoms with E-state index in [2.05, 4.69) is 13.5 Å². The Morgan fingerprint density at radius 3 is 2.69 bits per heavy atom. The van der Waals surface area contributed by atoms with E-state index in [1.165, 1.54) is 7.11 Å². The van der Waals surface area contributed by atoms with Gasteiger partial charge < -0.3 is 9.84 Å². The predicted octanol–water partition coefficient (Wildman–Crippen LogP) is 2.29. The van der Waals surface area contributed by atoms with Gasteiger partial charge in [-0.3, -0.25) is 4.79 Å². The fraction of sp³-hybridized carbons (Fsp3) is 0.769. The van der Waals surface area contributed by atoms with Crippen LogP contribution in [-0.4, -0.2) is 23.8 Å². The molecular weight excluding hydrogens is 204 g/mol. The van der Waals surface area contributed by atoms with Crippen molar-refractivity contribution in [2.75, 3.05) is 7.11 Å². The van der Waals surface area contributed by atoms with E-state index in [1.54, 1.807) is 0 Å². The van der Waals surface area contributed by atoms with Crippen LogP contribution in [-0.2, 0) is 9.53 Å². The summed E-state index contributed by atoms with van der Waals surface area (Å²) in [5.41, 5.74) is -0.995. The lowest BCUT2D eigenvalue weighted by Gasteiger charge is -2.48. The van der Waals surface area contributed by atoms with E-state index in [0.29, 0.717) is 0 Å². The molecule has 92 valence electrons. The van der Waals surface area contributed by atoms with Gasteiger partial charge in [0.1, 0.15) is 0 Å². The Morgan fingerprint density at radius 1 is 1.56 bits per heavy atom. The zero-order valence-electron chi connectivity index (χ0n) is 10.5. The molecule has 0 radical (unpaired) electrons. The number of carbonyl (C=O) groups is 1. The second-order valence-corrected chi connectivity index (χ2v) is 5.25. The predicted molar refractivity (Wildman–Crippen MR) is 62.9 cm³/mol. The molecule has 0 aliphatic heterocycles. The number of hydrogen-bond acceptors (Lipinski definition) is 3. The Kier molecular flexibility index (Phi) is 3.79. The van der Waals surface area contributed by atoms with Gasteiger partial charge in [0.15, 0.2) is 0 Å². The summed E-state index contributed by atoms with van der Waals surface area (Å²) in [5, 5.41) is 10.4. The van der Waals surface area contributed by atoms with Crippen molar-refractivity contribution in [1.29, 1.82) is 0 Å². The zero-order valence-corrected chi connectivity index (χ0v) is 10.5. The van der Waals surface area contributed by atoms with E-state index < -0.39 is 5.60 Å². The summed E-state index contributed by atoms with van der Waals surface area (Å²) in [4.78, 5) is 11.4. The van der Waals surface area contributed by atoms with Crippen LogP contribution in [0.3, 0.4) is 0 Å². The van der Waals surface area contributed by atoms with Crippen molar-refractivity contribution < 1.29 is 14.6 Å². The molecule has 0 aromatic rings. The van der Waals surface area contributed by atoms with Crippen LogP contribution in [0.25, 0.3) is 0 Å². The average molecular weight is 226 g/mol. The molecule has 1 saturated carbocycles. The van der Waals surface area contributed by atoms with Crippen molar-refractivity contribution in [2.45, 2.75) is 45.1 Å². The molecular formula is C13H22O3. The molecule has 0 aromatic carbocycles. The molecule has 0 bridgehead atoms. The first-order valence-corrected chi connectivity index (χ1v) is 5.78. The quantitative estimate of drug-likeness (QED) is 0.593. The molecule has 1 aliphatic carbocycles. The van der Waals surface area contributed by atoms with Gasteiger partial charge in [-0.2, -0.15) is 0 Å². The van der Waals surface area contributed by atoms with Crippen molar-refractivity contribution in [3.05, 3.63) is 12.7 Å². The van der Waals surface area contributed by atoms with E-state index in [4.69, 9.17) is 4.74 Å². The van der Waals surface area contributed by atoms with E-state index >= 15 is 0 Å². The van der Waals surface area contributed by atoms with Crippen molar-refractivity contribution in [2.24, 2.45) is 11.3 Å². The lowest BCUT2D eigenvalue weighted by molar-refractivity contribution is -0.150. The average Bonchev–Trinajstić information content (AvgIpc) is 2.23. The van der Waals surface area contributed by atoms with Gasteiger partial charge in [-0.05, 0) is 31.6 Å². The number of carbonyl (C=O) groups excluding carboxylic acids is 1. The first-order chi connectivity index (χ1) is 7.35. The normalized spacial score (nSPS) is 39.1. The minimum atomic E-state index is -0.810. The van der Waals surface area contributed by atoms with Crippen molar-refractivity contribution in [3.8, 4) is 0 Å². The fourth-order valence-electron chi connectivity index (χ4n) is 2.83. The van der Waals surface area contributed by atoms with E-state index in [1.807, 2.05) is 13.0 Å². The molecule has 0 aromatic heterocycles. The van der Waals surface area contributed by atoms with Gasteiger partial charge in [-0.1, -0.05) is 13.0 Å². The van der Waals surface area contributed by atoms with Crippen molar-refractivity contribution >= 4 is 5.97 Å². The second-order valence-electron chi connectivity index (χ2n) is 5.25. The summed E-state index contributed by atoms with van der Waals surface area (Å²) < 4.78 is 4.70. The summed E-state index contributed by atoms with van der Waals surface area (Å²) in [6.07, 6.45) is 4.79. The summed E-state index contributed by atoms with van der Waals surface area (Å²) >= 11 is 0. The zero-order chi connectivity index (χ0) is 12.4. The highest BCUT2D eigenvalue weighted by Crippen LogP contribution is 2.48. The van der Waals surface area contributed by atoms with Crippen LogP contribution >= 0.6 is 0 Å². The third-order valence-electron chi connectivity index (χ3n) is 4.01. The maximum Gasteiger partial charge on any atom is 0.305 e. The lowest BCUT2D eigenvalue weighted by atomic mass is 9.60. The van der Waals surface area contributed by atoms with Gasteiger partial charge in [0, 0.05) is 5.92 Å². The lowest BCUT2D eigenvalue weighted by Crippen LogP contribution is -2.48. The maximum absolute atomic E-state index is 11.4. The van der Waals surface area contributed by atoms with Gasteiger partial charge in [0.2, 0.25) is 0 Å². The molecule has 1 N–H and O–H groups in total. The molecule has 3 nitrogen and oxygen atoms in total. The van der Waals surface area contributed by atoms with Gasteiger partial charge in [0.25, 0.3) is 0 Å². The van der Waals surface area contributed by atoms with E-state index in [0.717, 1.165) is 19.3 Å². The Bertz CT molecular complexity index is 283. The van der Waals surface area contributed by atoms with Gasteiger partial charge in [-0.25, -0.2) is 0 Å².